The van der Waals surface area contributed by atoms with Crippen molar-refractivity contribution in [3.05, 3.63) is 53.4 Å². The summed E-state index contributed by atoms with van der Waals surface area (Å²) in [6.45, 7) is 0.378. The fraction of sp³-hybridized carbons (Fsp3) is 0.0833. The molecule has 2 aromatic rings. The molecule has 84 valence electrons. The van der Waals surface area contributed by atoms with Crippen LogP contribution in [-0.2, 0) is 6.54 Å². The highest BCUT2D eigenvalue weighted by Crippen LogP contribution is 2.11. The van der Waals surface area contributed by atoms with Gasteiger partial charge in [-0.15, -0.1) is 0 Å². The highest BCUT2D eigenvalue weighted by Gasteiger charge is 2.05. The van der Waals surface area contributed by atoms with E-state index in [0.29, 0.717) is 18.5 Å². The van der Waals surface area contributed by atoms with Crippen molar-refractivity contribution in [3.63, 3.8) is 0 Å². The van der Waals surface area contributed by atoms with Gasteiger partial charge in [-0.25, -0.2) is 9.37 Å². The van der Waals surface area contributed by atoms with Crippen molar-refractivity contribution in [2.45, 2.75) is 6.54 Å². The molecule has 0 spiro atoms. The molecule has 5 heteroatoms. The Hall–Kier alpha value is -2.48. The number of carbonyl (C=O) groups excluding carboxylic acids is 1. The van der Waals surface area contributed by atoms with E-state index in [2.05, 4.69) is 4.98 Å². The molecule has 1 heterocycles. The minimum Gasteiger partial charge on any atom is -0.324 e. The molecule has 0 amide bonds. The summed E-state index contributed by atoms with van der Waals surface area (Å²) < 4.78 is 14.7. The van der Waals surface area contributed by atoms with E-state index in [1.54, 1.807) is 16.7 Å². The van der Waals surface area contributed by atoms with Crippen molar-refractivity contribution in [2.75, 3.05) is 0 Å². The molecular formula is C12H8FN3O. The van der Waals surface area contributed by atoms with Crippen LogP contribution in [0.25, 0.3) is 0 Å². The van der Waals surface area contributed by atoms with Crippen LogP contribution in [0, 0.1) is 17.1 Å². The van der Waals surface area contributed by atoms with E-state index in [1.165, 1.54) is 24.7 Å². The molecule has 1 aromatic carbocycles. The lowest BCUT2D eigenvalue weighted by Gasteiger charge is -2.05. The molecule has 17 heavy (non-hydrogen) atoms. The number of halogens is 1. The van der Waals surface area contributed by atoms with E-state index in [1.807, 2.05) is 0 Å². The van der Waals surface area contributed by atoms with Crippen LogP contribution in [0.5, 0.6) is 0 Å². The van der Waals surface area contributed by atoms with Gasteiger partial charge < -0.3 is 4.57 Å². The number of nitriles is 1. The number of carbonyl (C=O) groups is 1. The molecule has 0 aliphatic rings. The summed E-state index contributed by atoms with van der Waals surface area (Å²) in [6, 6.07) is 6.05. The molecule has 0 fully saturated rings. The van der Waals surface area contributed by atoms with E-state index in [-0.39, 0.29) is 5.56 Å². The van der Waals surface area contributed by atoms with Gasteiger partial charge in [0.25, 0.3) is 0 Å². The van der Waals surface area contributed by atoms with Crippen LogP contribution in [0.1, 0.15) is 21.6 Å². The van der Waals surface area contributed by atoms with Crippen LogP contribution in [-0.4, -0.2) is 15.8 Å². The van der Waals surface area contributed by atoms with E-state index >= 15 is 0 Å². The zero-order chi connectivity index (χ0) is 12.3. The third-order valence-corrected chi connectivity index (χ3v) is 2.37. The van der Waals surface area contributed by atoms with E-state index in [9.17, 15) is 9.18 Å². The van der Waals surface area contributed by atoms with E-state index in [4.69, 9.17) is 5.26 Å². The monoisotopic (exact) mass is 229 g/mol. The summed E-state index contributed by atoms with van der Waals surface area (Å²) in [7, 11) is 0. The lowest BCUT2D eigenvalue weighted by Crippen LogP contribution is -2.03. The minimum absolute atomic E-state index is 0.00438. The predicted octanol–water partition coefficient (Wildman–Crippen LogP) is 1.75. The van der Waals surface area contributed by atoms with Gasteiger partial charge >= 0.3 is 0 Å². The van der Waals surface area contributed by atoms with Gasteiger partial charge in [0, 0.05) is 6.54 Å². The predicted molar refractivity (Wildman–Crippen MR) is 57.8 cm³/mol. The Morgan fingerprint density at radius 3 is 3.06 bits per heavy atom. The molecule has 0 radical (unpaired) electrons. The molecule has 2 rings (SSSR count). The molecule has 0 aliphatic carbocycles. The molecule has 4 nitrogen and oxygen atoms in total. The Bertz CT molecular complexity index is 598. The van der Waals surface area contributed by atoms with Crippen LogP contribution in [0.15, 0.2) is 30.7 Å². The van der Waals surface area contributed by atoms with E-state index in [0.717, 1.165) is 5.56 Å². The summed E-state index contributed by atoms with van der Waals surface area (Å²) in [5.74, 6) is -0.544. The molecule has 0 aliphatic heterocycles. The zero-order valence-electron chi connectivity index (χ0n) is 8.80. The second kappa shape index (κ2) is 4.58. The number of benzene rings is 1. The number of hydrogen-bond acceptors (Lipinski definition) is 3. The van der Waals surface area contributed by atoms with Gasteiger partial charge in [-0.3, -0.25) is 4.79 Å². The second-order valence-corrected chi connectivity index (χ2v) is 3.49. The fourth-order valence-electron chi connectivity index (χ4n) is 1.51. The maximum absolute atomic E-state index is 13.1. The van der Waals surface area contributed by atoms with Crippen LogP contribution in [0.4, 0.5) is 4.39 Å². The van der Waals surface area contributed by atoms with Crippen molar-refractivity contribution >= 4 is 6.29 Å². The maximum atomic E-state index is 13.1. The average molecular weight is 229 g/mol. The average Bonchev–Trinajstić information content (AvgIpc) is 2.79. The number of imidazole rings is 1. The Kier molecular flexibility index (Phi) is 2.97. The largest absolute Gasteiger partial charge is 0.324 e. The Labute approximate surface area is 96.9 Å². The Morgan fingerprint density at radius 1 is 1.53 bits per heavy atom. The van der Waals surface area contributed by atoms with Crippen LogP contribution >= 0.6 is 0 Å². The summed E-state index contributed by atoms with van der Waals surface area (Å²) in [5.41, 5.74) is 1.17. The first-order valence-electron chi connectivity index (χ1n) is 4.88. The summed E-state index contributed by atoms with van der Waals surface area (Å²) >= 11 is 0. The molecule has 0 unspecified atom stereocenters. The molecule has 0 bridgehead atoms. The standard InChI is InChI=1S/C12H8FN3O/c13-12-2-1-9(3-10(12)4-14)6-16-8-15-5-11(16)7-17/h1-3,5,7-8H,6H2. The topological polar surface area (TPSA) is 58.7 Å². The van der Waals surface area contributed by atoms with Crippen molar-refractivity contribution in [1.29, 1.82) is 5.26 Å². The van der Waals surface area contributed by atoms with Crippen molar-refractivity contribution in [1.82, 2.24) is 9.55 Å². The molecule has 0 atom stereocenters. The zero-order valence-corrected chi connectivity index (χ0v) is 8.80. The minimum atomic E-state index is -0.544. The number of rotatable bonds is 3. The van der Waals surface area contributed by atoms with Gasteiger partial charge in [-0.1, -0.05) is 6.07 Å². The van der Waals surface area contributed by atoms with Gasteiger partial charge in [0.05, 0.1) is 18.1 Å². The third-order valence-electron chi connectivity index (χ3n) is 2.37. The SMILES string of the molecule is N#Cc1cc(Cn2cncc2C=O)ccc1F. The van der Waals surface area contributed by atoms with Gasteiger partial charge in [0.1, 0.15) is 17.6 Å². The second-order valence-electron chi connectivity index (χ2n) is 3.49. The normalized spacial score (nSPS) is 9.88. The maximum Gasteiger partial charge on any atom is 0.168 e. The number of aldehydes is 1. The highest BCUT2D eigenvalue weighted by atomic mass is 19.1. The number of aromatic nitrogens is 2. The third kappa shape index (κ3) is 2.21. The lowest BCUT2D eigenvalue weighted by molar-refractivity contribution is 0.111. The molecular weight excluding hydrogens is 221 g/mol. The quantitative estimate of drug-likeness (QED) is 0.753. The fourth-order valence-corrected chi connectivity index (χ4v) is 1.51. The molecule has 1 aromatic heterocycles. The molecule has 0 N–H and O–H groups in total. The Morgan fingerprint density at radius 2 is 2.35 bits per heavy atom. The van der Waals surface area contributed by atoms with Crippen LogP contribution in [0.3, 0.4) is 0 Å². The van der Waals surface area contributed by atoms with Gasteiger partial charge in [0.15, 0.2) is 6.29 Å². The number of nitrogens with zero attached hydrogens (tertiary/aromatic N) is 3. The number of hydrogen-bond donors (Lipinski definition) is 0. The first-order chi connectivity index (χ1) is 8.24. The van der Waals surface area contributed by atoms with Crippen molar-refractivity contribution in [2.24, 2.45) is 0 Å². The van der Waals surface area contributed by atoms with Crippen molar-refractivity contribution in [3.8, 4) is 6.07 Å². The first-order valence-corrected chi connectivity index (χ1v) is 4.88. The van der Waals surface area contributed by atoms with Crippen LogP contribution in [0.2, 0.25) is 0 Å². The smallest absolute Gasteiger partial charge is 0.168 e. The summed E-state index contributed by atoms with van der Waals surface area (Å²) in [6.07, 6.45) is 3.66. The molecule has 0 saturated carbocycles. The van der Waals surface area contributed by atoms with E-state index < -0.39 is 5.82 Å². The van der Waals surface area contributed by atoms with Gasteiger partial charge in [-0.2, -0.15) is 5.26 Å². The highest BCUT2D eigenvalue weighted by molar-refractivity contribution is 5.71. The first kappa shape index (κ1) is 11.0. The van der Waals surface area contributed by atoms with Gasteiger partial charge in [-0.05, 0) is 17.7 Å². The summed E-state index contributed by atoms with van der Waals surface area (Å²) in [5, 5.41) is 8.70. The lowest BCUT2D eigenvalue weighted by atomic mass is 10.1. The Balaban J connectivity index is 2.31. The van der Waals surface area contributed by atoms with Crippen LogP contribution < -0.4 is 0 Å². The van der Waals surface area contributed by atoms with Crippen molar-refractivity contribution < 1.29 is 9.18 Å². The van der Waals surface area contributed by atoms with Gasteiger partial charge in [0.2, 0.25) is 0 Å². The molecule has 0 saturated heterocycles. The summed E-state index contributed by atoms with van der Waals surface area (Å²) in [4.78, 5) is 14.5.